The molecule has 0 aliphatic heterocycles. The molecule has 0 saturated heterocycles. The minimum Gasteiger partial charge on any atom is -0.103 e. The summed E-state index contributed by atoms with van der Waals surface area (Å²) in [6, 6.07) is 0. The van der Waals surface area contributed by atoms with E-state index in [1.807, 2.05) is 0 Å². The van der Waals surface area contributed by atoms with Gasteiger partial charge in [0.15, 0.2) is 0 Å². The largest absolute Gasteiger partial charge is 0.103 e. The zero-order valence-electron chi connectivity index (χ0n) is 12.2. The lowest BCUT2D eigenvalue weighted by Crippen LogP contribution is -1.79. The van der Waals surface area contributed by atoms with Crippen LogP contribution in [-0.2, 0) is 0 Å². The van der Waals surface area contributed by atoms with Crippen LogP contribution in [0.4, 0.5) is 0 Å². The van der Waals surface area contributed by atoms with Crippen LogP contribution in [0.25, 0.3) is 0 Å². The summed E-state index contributed by atoms with van der Waals surface area (Å²) in [6.45, 7) is 4.53. The molecule has 0 rings (SSSR count). The van der Waals surface area contributed by atoms with Crippen LogP contribution in [0.2, 0.25) is 0 Å². The smallest absolute Gasteiger partial charge is 0.00886 e. The molecule has 0 nitrogen and oxygen atoms in total. The van der Waals surface area contributed by atoms with Crippen LogP contribution in [0.15, 0.2) is 0 Å². The van der Waals surface area contributed by atoms with Crippen LogP contribution < -0.4 is 0 Å². The summed E-state index contributed by atoms with van der Waals surface area (Å²) in [7, 11) is 0. The van der Waals surface area contributed by atoms with Gasteiger partial charge >= 0.3 is 0 Å². The van der Waals surface area contributed by atoms with Gasteiger partial charge in [0.25, 0.3) is 0 Å². The first kappa shape index (κ1) is 16.6. The second kappa shape index (κ2) is 15.6. The van der Waals surface area contributed by atoms with Crippen LogP contribution in [0.3, 0.4) is 0 Å². The molecule has 0 spiro atoms. The molecule has 17 heavy (non-hydrogen) atoms. The van der Waals surface area contributed by atoms with Crippen molar-refractivity contribution in [3.8, 4) is 11.8 Å². The van der Waals surface area contributed by atoms with E-state index in [1.54, 1.807) is 0 Å². The summed E-state index contributed by atoms with van der Waals surface area (Å²) in [5.41, 5.74) is 0. The highest BCUT2D eigenvalue weighted by Gasteiger charge is 1.89. The van der Waals surface area contributed by atoms with Crippen molar-refractivity contribution in [1.29, 1.82) is 0 Å². The van der Waals surface area contributed by atoms with Gasteiger partial charge < -0.3 is 0 Å². The van der Waals surface area contributed by atoms with Crippen molar-refractivity contribution in [2.75, 3.05) is 0 Å². The monoisotopic (exact) mass is 236 g/mol. The molecule has 0 atom stereocenters. The molecular formula is C17H32. The molecule has 0 radical (unpaired) electrons. The molecular weight excluding hydrogens is 204 g/mol. The Morgan fingerprint density at radius 2 is 0.824 bits per heavy atom. The summed E-state index contributed by atoms with van der Waals surface area (Å²) in [5.74, 6) is 6.62. The molecule has 100 valence electrons. The van der Waals surface area contributed by atoms with Crippen LogP contribution in [0.1, 0.15) is 97.3 Å². The minimum absolute atomic E-state index is 1.12. The fourth-order valence-electron chi connectivity index (χ4n) is 1.99. The SMILES string of the molecule is CCCCCCC#CCCCCCCCCC. The molecule has 0 saturated carbocycles. The zero-order valence-corrected chi connectivity index (χ0v) is 12.2. The Labute approximate surface area is 110 Å². The molecule has 0 aromatic carbocycles. The molecule has 0 amide bonds. The molecule has 0 aliphatic rings. The number of hydrogen-bond donors (Lipinski definition) is 0. The van der Waals surface area contributed by atoms with Crippen LogP contribution >= 0.6 is 0 Å². The van der Waals surface area contributed by atoms with E-state index in [4.69, 9.17) is 0 Å². The Morgan fingerprint density at radius 1 is 0.471 bits per heavy atom. The molecule has 0 fully saturated rings. The highest BCUT2D eigenvalue weighted by atomic mass is 13.9. The lowest BCUT2D eigenvalue weighted by molar-refractivity contribution is 0.594. The first-order valence-corrected chi connectivity index (χ1v) is 7.87. The van der Waals surface area contributed by atoms with Crippen molar-refractivity contribution >= 4 is 0 Å². The van der Waals surface area contributed by atoms with Gasteiger partial charge in [-0.3, -0.25) is 0 Å². The first-order valence-electron chi connectivity index (χ1n) is 7.87. The summed E-state index contributed by atoms with van der Waals surface area (Å²) < 4.78 is 0. The predicted octanol–water partition coefficient (Wildman–Crippen LogP) is 6.10. The first-order chi connectivity index (χ1) is 8.41. The highest BCUT2D eigenvalue weighted by Crippen LogP contribution is 2.08. The second-order valence-electron chi connectivity index (χ2n) is 5.04. The van der Waals surface area contributed by atoms with Gasteiger partial charge in [-0.05, 0) is 12.8 Å². The number of hydrogen-bond acceptors (Lipinski definition) is 0. The van der Waals surface area contributed by atoms with Gasteiger partial charge in [-0.2, -0.15) is 0 Å². The maximum Gasteiger partial charge on any atom is 0.00886 e. The van der Waals surface area contributed by atoms with Gasteiger partial charge in [-0.25, -0.2) is 0 Å². The van der Waals surface area contributed by atoms with Crippen molar-refractivity contribution in [3.05, 3.63) is 0 Å². The van der Waals surface area contributed by atoms with E-state index in [2.05, 4.69) is 25.7 Å². The third-order valence-corrected chi connectivity index (χ3v) is 3.19. The Balaban J connectivity index is 3.04. The van der Waals surface area contributed by atoms with E-state index in [-0.39, 0.29) is 0 Å². The quantitative estimate of drug-likeness (QED) is 0.300. The average Bonchev–Trinajstić information content (AvgIpc) is 2.35. The van der Waals surface area contributed by atoms with Crippen molar-refractivity contribution in [2.45, 2.75) is 97.3 Å². The van der Waals surface area contributed by atoms with Crippen molar-refractivity contribution in [3.63, 3.8) is 0 Å². The Kier molecular flexibility index (Phi) is 15.2. The van der Waals surface area contributed by atoms with Gasteiger partial charge in [0.1, 0.15) is 0 Å². The summed E-state index contributed by atoms with van der Waals surface area (Å²) >= 11 is 0. The molecule has 0 heterocycles. The number of unbranched alkanes of at least 4 members (excludes halogenated alkanes) is 11. The molecule has 0 aromatic heterocycles. The Hall–Kier alpha value is -0.440. The lowest BCUT2D eigenvalue weighted by atomic mass is 10.1. The van der Waals surface area contributed by atoms with Gasteiger partial charge in [0.05, 0.1) is 0 Å². The Bertz CT molecular complexity index is 182. The molecule has 0 aliphatic carbocycles. The zero-order chi connectivity index (χ0) is 12.6. The fraction of sp³-hybridized carbons (Fsp3) is 0.882. The van der Waals surface area contributed by atoms with Crippen molar-refractivity contribution in [2.24, 2.45) is 0 Å². The maximum absolute atomic E-state index is 3.31. The summed E-state index contributed by atoms with van der Waals surface area (Å²) in [5, 5.41) is 0. The summed E-state index contributed by atoms with van der Waals surface area (Å²) in [4.78, 5) is 0. The van der Waals surface area contributed by atoms with E-state index < -0.39 is 0 Å². The van der Waals surface area contributed by atoms with Crippen molar-refractivity contribution in [1.82, 2.24) is 0 Å². The average molecular weight is 236 g/mol. The fourth-order valence-corrected chi connectivity index (χ4v) is 1.99. The second-order valence-corrected chi connectivity index (χ2v) is 5.04. The van der Waals surface area contributed by atoms with E-state index in [1.165, 1.54) is 70.6 Å². The topological polar surface area (TPSA) is 0 Å². The van der Waals surface area contributed by atoms with Gasteiger partial charge in [0.2, 0.25) is 0 Å². The third kappa shape index (κ3) is 15.6. The number of rotatable bonds is 11. The lowest BCUT2D eigenvalue weighted by Gasteiger charge is -1.98. The van der Waals surface area contributed by atoms with Gasteiger partial charge in [-0.15, -0.1) is 11.8 Å². The molecule has 0 bridgehead atoms. The molecule has 0 unspecified atom stereocenters. The van der Waals surface area contributed by atoms with Crippen molar-refractivity contribution < 1.29 is 0 Å². The maximum atomic E-state index is 3.31. The predicted molar refractivity (Wildman–Crippen MR) is 79.1 cm³/mol. The normalized spacial score (nSPS) is 10.0. The van der Waals surface area contributed by atoms with Crippen LogP contribution in [-0.4, -0.2) is 0 Å². The Morgan fingerprint density at radius 3 is 1.29 bits per heavy atom. The standard InChI is InChI=1S/C17H32/c1-3-5-7-9-11-13-15-17-16-14-12-10-8-6-4-2/h3-13,15,17H2,1-2H3. The van der Waals surface area contributed by atoms with Gasteiger partial charge in [0, 0.05) is 12.8 Å². The summed E-state index contributed by atoms with van der Waals surface area (Å²) in [6.07, 6.45) is 17.4. The van der Waals surface area contributed by atoms with E-state index in [9.17, 15) is 0 Å². The molecule has 0 N–H and O–H groups in total. The molecule has 0 heteroatoms. The van der Waals surface area contributed by atoms with Crippen LogP contribution in [0.5, 0.6) is 0 Å². The highest BCUT2D eigenvalue weighted by molar-refractivity contribution is 4.98. The van der Waals surface area contributed by atoms with E-state index in [0.717, 1.165) is 12.8 Å². The van der Waals surface area contributed by atoms with Gasteiger partial charge in [-0.1, -0.05) is 71.6 Å². The molecule has 0 aromatic rings. The van der Waals surface area contributed by atoms with E-state index in [0.29, 0.717) is 0 Å². The van der Waals surface area contributed by atoms with E-state index >= 15 is 0 Å². The third-order valence-electron chi connectivity index (χ3n) is 3.19. The minimum atomic E-state index is 1.12. The van der Waals surface area contributed by atoms with Crippen LogP contribution in [0, 0.1) is 11.8 Å².